The van der Waals surface area contributed by atoms with Gasteiger partial charge in [0.1, 0.15) is 0 Å². The standard InChI is InChI=1S/C13H26N2O2/c1-10(2)7-12(13(16)15(3)4)14-8-11-5-6-17-9-11/h10-12,14H,5-9H2,1-4H3. The SMILES string of the molecule is CC(C)CC(NCC1CCOC1)C(=O)N(C)C. The highest BCUT2D eigenvalue weighted by molar-refractivity contribution is 5.81. The normalized spacial score (nSPS) is 21.8. The Morgan fingerprint density at radius 1 is 1.47 bits per heavy atom. The molecule has 0 aromatic rings. The summed E-state index contributed by atoms with van der Waals surface area (Å²) in [4.78, 5) is 13.7. The molecule has 1 N–H and O–H groups in total. The average Bonchev–Trinajstić information content (AvgIpc) is 2.75. The van der Waals surface area contributed by atoms with Crippen LogP contribution in [0, 0.1) is 11.8 Å². The zero-order valence-electron chi connectivity index (χ0n) is 11.5. The maximum Gasteiger partial charge on any atom is 0.239 e. The third-order valence-electron chi connectivity index (χ3n) is 3.12. The van der Waals surface area contributed by atoms with Crippen molar-refractivity contribution in [3.8, 4) is 0 Å². The Morgan fingerprint density at radius 3 is 2.65 bits per heavy atom. The van der Waals surface area contributed by atoms with Gasteiger partial charge in [0, 0.05) is 27.2 Å². The predicted molar refractivity (Wildman–Crippen MR) is 68.9 cm³/mol. The van der Waals surface area contributed by atoms with Crippen molar-refractivity contribution in [3.63, 3.8) is 0 Å². The second-order valence-electron chi connectivity index (χ2n) is 5.55. The summed E-state index contributed by atoms with van der Waals surface area (Å²) < 4.78 is 5.34. The molecule has 0 radical (unpaired) electrons. The second-order valence-corrected chi connectivity index (χ2v) is 5.55. The minimum atomic E-state index is -0.0504. The summed E-state index contributed by atoms with van der Waals surface area (Å²) in [6.45, 7) is 6.88. The Hall–Kier alpha value is -0.610. The minimum Gasteiger partial charge on any atom is -0.381 e. The largest absolute Gasteiger partial charge is 0.381 e. The van der Waals surface area contributed by atoms with Gasteiger partial charge in [0.2, 0.25) is 5.91 Å². The van der Waals surface area contributed by atoms with E-state index in [1.807, 2.05) is 14.1 Å². The summed E-state index contributed by atoms with van der Waals surface area (Å²) in [6.07, 6.45) is 2.00. The van der Waals surface area contributed by atoms with Gasteiger partial charge in [-0.3, -0.25) is 4.79 Å². The Labute approximate surface area is 105 Å². The van der Waals surface area contributed by atoms with Crippen LogP contribution in [-0.2, 0) is 9.53 Å². The highest BCUT2D eigenvalue weighted by Gasteiger charge is 2.23. The maximum absolute atomic E-state index is 12.0. The van der Waals surface area contributed by atoms with E-state index in [1.165, 1.54) is 0 Å². The highest BCUT2D eigenvalue weighted by Crippen LogP contribution is 2.13. The topological polar surface area (TPSA) is 41.6 Å². The van der Waals surface area contributed by atoms with E-state index in [2.05, 4.69) is 19.2 Å². The lowest BCUT2D eigenvalue weighted by Crippen LogP contribution is -2.46. The van der Waals surface area contributed by atoms with Crippen LogP contribution in [0.5, 0.6) is 0 Å². The van der Waals surface area contributed by atoms with Crippen molar-refractivity contribution in [1.29, 1.82) is 0 Å². The van der Waals surface area contributed by atoms with Gasteiger partial charge >= 0.3 is 0 Å². The lowest BCUT2D eigenvalue weighted by Gasteiger charge is -2.24. The molecule has 4 nitrogen and oxygen atoms in total. The summed E-state index contributed by atoms with van der Waals surface area (Å²) in [6, 6.07) is -0.0504. The number of ether oxygens (including phenoxy) is 1. The number of carbonyl (C=O) groups is 1. The molecule has 1 amide bonds. The number of nitrogens with one attached hydrogen (secondary N) is 1. The van der Waals surface area contributed by atoms with E-state index < -0.39 is 0 Å². The quantitative estimate of drug-likeness (QED) is 0.759. The fraction of sp³-hybridized carbons (Fsp3) is 0.923. The van der Waals surface area contributed by atoms with Crippen LogP contribution in [0.4, 0.5) is 0 Å². The van der Waals surface area contributed by atoms with Gasteiger partial charge in [-0.15, -0.1) is 0 Å². The monoisotopic (exact) mass is 242 g/mol. The van der Waals surface area contributed by atoms with Gasteiger partial charge in [-0.2, -0.15) is 0 Å². The number of amides is 1. The summed E-state index contributed by atoms with van der Waals surface area (Å²) >= 11 is 0. The molecule has 17 heavy (non-hydrogen) atoms. The summed E-state index contributed by atoms with van der Waals surface area (Å²) in [5, 5.41) is 3.40. The van der Waals surface area contributed by atoms with Crippen LogP contribution >= 0.6 is 0 Å². The lowest BCUT2D eigenvalue weighted by atomic mass is 10.0. The Kier molecular flexibility index (Phi) is 5.92. The van der Waals surface area contributed by atoms with Crippen molar-refractivity contribution in [1.82, 2.24) is 10.2 Å². The number of nitrogens with zero attached hydrogens (tertiary/aromatic N) is 1. The van der Waals surface area contributed by atoms with Gasteiger partial charge in [0.15, 0.2) is 0 Å². The van der Waals surface area contributed by atoms with Gasteiger partial charge in [-0.05, 0) is 24.7 Å². The molecule has 0 saturated carbocycles. The molecule has 1 aliphatic rings. The first kappa shape index (κ1) is 14.5. The lowest BCUT2D eigenvalue weighted by molar-refractivity contribution is -0.131. The van der Waals surface area contributed by atoms with E-state index in [0.29, 0.717) is 11.8 Å². The van der Waals surface area contributed by atoms with Gasteiger partial charge in [0.25, 0.3) is 0 Å². The highest BCUT2D eigenvalue weighted by atomic mass is 16.5. The van der Waals surface area contributed by atoms with Crippen molar-refractivity contribution in [2.24, 2.45) is 11.8 Å². The molecule has 1 heterocycles. The molecule has 0 aliphatic carbocycles. The van der Waals surface area contributed by atoms with Crippen LogP contribution in [0.3, 0.4) is 0 Å². The van der Waals surface area contributed by atoms with E-state index in [9.17, 15) is 4.79 Å². The zero-order valence-corrected chi connectivity index (χ0v) is 11.5. The van der Waals surface area contributed by atoms with Crippen LogP contribution in [0.2, 0.25) is 0 Å². The first-order valence-corrected chi connectivity index (χ1v) is 6.53. The van der Waals surface area contributed by atoms with Gasteiger partial charge in [0.05, 0.1) is 12.6 Å². The number of carbonyl (C=O) groups excluding carboxylic acids is 1. The molecule has 2 unspecified atom stereocenters. The third kappa shape index (κ3) is 5.04. The molecule has 1 fully saturated rings. The molecule has 0 spiro atoms. The van der Waals surface area contributed by atoms with Crippen LogP contribution in [-0.4, -0.2) is 50.7 Å². The maximum atomic E-state index is 12.0. The van der Waals surface area contributed by atoms with E-state index in [0.717, 1.165) is 32.6 Å². The molecular formula is C13H26N2O2. The number of hydrogen-bond acceptors (Lipinski definition) is 3. The fourth-order valence-corrected chi connectivity index (χ4v) is 2.11. The first-order valence-electron chi connectivity index (χ1n) is 6.53. The third-order valence-corrected chi connectivity index (χ3v) is 3.12. The summed E-state index contributed by atoms with van der Waals surface area (Å²) in [5.74, 6) is 1.27. The van der Waals surface area contributed by atoms with Crippen LogP contribution in [0.25, 0.3) is 0 Å². The smallest absolute Gasteiger partial charge is 0.239 e. The van der Waals surface area contributed by atoms with Crippen molar-refractivity contribution in [2.75, 3.05) is 33.9 Å². The predicted octanol–water partition coefficient (Wildman–Crippen LogP) is 1.12. The second kappa shape index (κ2) is 6.97. The summed E-state index contributed by atoms with van der Waals surface area (Å²) in [5.41, 5.74) is 0. The van der Waals surface area contributed by atoms with Crippen LogP contribution < -0.4 is 5.32 Å². The van der Waals surface area contributed by atoms with Crippen molar-refractivity contribution in [3.05, 3.63) is 0 Å². The Morgan fingerprint density at radius 2 is 2.18 bits per heavy atom. The molecule has 1 rings (SSSR count). The average molecular weight is 242 g/mol. The van der Waals surface area contributed by atoms with Crippen LogP contribution in [0.15, 0.2) is 0 Å². The molecule has 0 bridgehead atoms. The summed E-state index contributed by atoms with van der Waals surface area (Å²) in [7, 11) is 3.63. The van der Waals surface area contributed by atoms with Crippen molar-refractivity contribution < 1.29 is 9.53 Å². The number of likely N-dealkylation sites (N-methyl/N-ethyl adjacent to an activating group) is 1. The number of rotatable bonds is 6. The van der Waals surface area contributed by atoms with E-state index in [-0.39, 0.29) is 11.9 Å². The molecule has 0 aromatic heterocycles. The molecule has 100 valence electrons. The fourth-order valence-electron chi connectivity index (χ4n) is 2.11. The van der Waals surface area contributed by atoms with Crippen molar-refractivity contribution in [2.45, 2.75) is 32.7 Å². The van der Waals surface area contributed by atoms with Gasteiger partial charge < -0.3 is 15.0 Å². The molecular weight excluding hydrogens is 216 g/mol. The van der Waals surface area contributed by atoms with Gasteiger partial charge in [-0.1, -0.05) is 13.8 Å². The Bertz CT molecular complexity index is 236. The van der Waals surface area contributed by atoms with Crippen LogP contribution in [0.1, 0.15) is 26.7 Å². The molecule has 1 saturated heterocycles. The van der Waals surface area contributed by atoms with E-state index >= 15 is 0 Å². The molecule has 4 heteroatoms. The first-order chi connectivity index (χ1) is 8.00. The van der Waals surface area contributed by atoms with Gasteiger partial charge in [-0.25, -0.2) is 0 Å². The molecule has 1 aliphatic heterocycles. The van der Waals surface area contributed by atoms with E-state index in [1.54, 1.807) is 4.90 Å². The number of hydrogen-bond donors (Lipinski definition) is 1. The zero-order chi connectivity index (χ0) is 12.8. The molecule has 2 atom stereocenters. The molecule has 0 aromatic carbocycles. The van der Waals surface area contributed by atoms with Crippen molar-refractivity contribution >= 4 is 5.91 Å². The van der Waals surface area contributed by atoms with E-state index in [4.69, 9.17) is 4.74 Å². The Balaban J connectivity index is 2.41. The minimum absolute atomic E-state index is 0.0504.